The topological polar surface area (TPSA) is 35.6 Å². The average molecular weight is 398 g/mol. The van der Waals surface area contributed by atoms with Crippen LogP contribution in [0.3, 0.4) is 0 Å². The zero-order valence-electron chi connectivity index (χ0n) is 17.0. The Morgan fingerprint density at radius 1 is 1.14 bits per heavy atom. The second kappa shape index (κ2) is 8.36. The number of amides is 1. The van der Waals surface area contributed by atoms with Crippen LogP contribution >= 0.6 is 11.3 Å². The molecule has 2 fully saturated rings. The normalized spacial score (nSPS) is 21.1. The predicted molar refractivity (Wildman–Crippen MR) is 116 cm³/mol. The number of benzene rings is 1. The van der Waals surface area contributed by atoms with Crippen molar-refractivity contribution in [3.63, 3.8) is 0 Å². The highest BCUT2D eigenvalue weighted by Crippen LogP contribution is 2.37. The van der Waals surface area contributed by atoms with Gasteiger partial charge in [0.25, 0.3) is 0 Å². The fourth-order valence-corrected chi connectivity index (χ4v) is 5.58. The molecule has 1 amide bonds. The molecule has 1 atom stereocenters. The summed E-state index contributed by atoms with van der Waals surface area (Å²) in [7, 11) is 2.27. The molecular formula is C23H31N3OS. The lowest BCUT2D eigenvalue weighted by molar-refractivity contribution is -0.123. The second-order valence-corrected chi connectivity index (χ2v) is 9.43. The minimum Gasteiger partial charge on any atom is -0.343 e. The standard InChI is InChI=1S/C23H31N3OS/c1-18-6-8-19(9-7-18)22(20-5-3-16-28-20)24-21(27)17-26-14-11-23(12-15-26)10-4-13-25(23)2/h3,5-9,16,22H,4,10-15,17H2,1-2H3,(H,24,27)/t22-/m1/s1. The third-order valence-corrected chi connectivity index (χ3v) is 7.58. The molecule has 150 valence electrons. The molecule has 1 aromatic heterocycles. The van der Waals surface area contributed by atoms with E-state index in [4.69, 9.17) is 0 Å². The van der Waals surface area contributed by atoms with Crippen LogP contribution in [-0.2, 0) is 4.79 Å². The summed E-state index contributed by atoms with van der Waals surface area (Å²) in [4.78, 5) is 18.9. The molecule has 3 heterocycles. The average Bonchev–Trinajstić information content (AvgIpc) is 3.34. The molecule has 0 radical (unpaired) electrons. The van der Waals surface area contributed by atoms with Crippen LogP contribution in [0.4, 0.5) is 0 Å². The number of hydrogen-bond acceptors (Lipinski definition) is 4. The number of carbonyl (C=O) groups excluding carboxylic acids is 1. The van der Waals surface area contributed by atoms with Gasteiger partial charge in [-0.1, -0.05) is 35.9 Å². The maximum Gasteiger partial charge on any atom is 0.234 e. The molecule has 0 bridgehead atoms. The van der Waals surface area contributed by atoms with Gasteiger partial charge in [0.1, 0.15) is 0 Å². The molecule has 4 rings (SSSR count). The van der Waals surface area contributed by atoms with E-state index in [1.165, 1.54) is 42.7 Å². The van der Waals surface area contributed by atoms with E-state index in [0.717, 1.165) is 18.7 Å². The Balaban J connectivity index is 1.38. The smallest absolute Gasteiger partial charge is 0.234 e. The molecule has 2 aromatic rings. The Hall–Kier alpha value is -1.69. The van der Waals surface area contributed by atoms with Gasteiger partial charge >= 0.3 is 0 Å². The van der Waals surface area contributed by atoms with E-state index in [-0.39, 0.29) is 11.9 Å². The van der Waals surface area contributed by atoms with Crippen LogP contribution in [0.5, 0.6) is 0 Å². The number of hydrogen-bond donors (Lipinski definition) is 1. The predicted octanol–water partition coefficient (Wildman–Crippen LogP) is 3.82. The first kappa shape index (κ1) is 19.6. The summed E-state index contributed by atoms with van der Waals surface area (Å²) >= 11 is 1.70. The van der Waals surface area contributed by atoms with Gasteiger partial charge in [0.05, 0.1) is 12.6 Å². The Kier molecular flexibility index (Phi) is 5.85. The van der Waals surface area contributed by atoms with Gasteiger partial charge in [-0.15, -0.1) is 11.3 Å². The van der Waals surface area contributed by atoms with Crippen molar-refractivity contribution in [2.75, 3.05) is 33.2 Å². The van der Waals surface area contributed by atoms with Gasteiger partial charge < -0.3 is 10.2 Å². The maximum absolute atomic E-state index is 12.9. The summed E-state index contributed by atoms with van der Waals surface area (Å²) in [5.74, 6) is 0.120. The van der Waals surface area contributed by atoms with E-state index < -0.39 is 0 Å². The molecule has 28 heavy (non-hydrogen) atoms. The number of piperidine rings is 1. The van der Waals surface area contributed by atoms with Crippen molar-refractivity contribution >= 4 is 17.2 Å². The molecule has 1 aromatic carbocycles. The minimum atomic E-state index is -0.0646. The summed E-state index contributed by atoms with van der Waals surface area (Å²) < 4.78 is 0. The van der Waals surface area contributed by atoms with Crippen LogP contribution in [0, 0.1) is 6.92 Å². The first-order chi connectivity index (χ1) is 13.6. The van der Waals surface area contributed by atoms with Crippen molar-refractivity contribution in [2.24, 2.45) is 0 Å². The van der Waals surface area contributed by atoms with Crippen molar-refractivity contribution < 1.29 is 4.79 Å². The third-order valence-electron chi connectivity index (χ3n) is 6.64. The van der Waals surface area contributed by atoms with Crippen LogP contribution < -0.4 is 5.32 Å². The first-order valence-corrected chi connectivity index (χ1v) is 11.3. The van der Waals surface area contributed by atoms with Crippen LogP contribution in [0.25, 0.3) is 0 Å². The van der Waals surface area contributed by atoms with Gasteiger partial charge in [0, 0.05) is 23.5 Å². The van der Waals surface area contributed by atoms with Crippen molar-refractivity contribution in [3.8, 4) is 0 Å². The largest absolute Gasteiger partial charge is 0.343 e. The molecule has 0 aliphatic carbocycles. The number of likely N-dealkylation sites (tertiary alicyclic amines) is 2. The molecule has 2 aliphatic rings. The summed E-state index contributed by atoms with van der Waals surface area (Å²) in [6.07, 6.45) is 5.00. The Bertz CT molecular complexity index is 779. The quantitative estimate of drug-likeness (QED) is 0.833. The van der Waals surface area contributed by atoms with Gasteiger partial charge in [-0.05, 0) is 63.2 Å². The zero-order valence-corrected chi connectivity index (χ0v) is 17.8. The lowest BCUT2D eigenvalue weighted by Crippen LogP contribution is -2.52. The molecule has 4 nitrogen and oxygen atoms in total. The summed E-state index contributed by atoms with van der Waals surface area (Å²) in [6.45, 7) is 5.85. The van der Waals surface area contributed by atoms with Crippen molar-refractivity contribution in [1.29, 1.82) is 0 Å². The van der Waals surface area contributed by atoms with E-state index >= 15 is 0 Å². The number of thiophene rings is 1. The van der Waals surface area contributed by atoms with E-state index in [2.05, 4.69) is 70.9 Å². The van der Waals surface area contributed by atoms with Gasteiger partial charge in [0.2, 0.25) is 5.91 Å². The minimum absolute atomic E-state index is 0.0646. The van der Waals surface area contributed by atoms with Gasteiger partial charge in [-0.25, -0.2) is 0 Å². The van der Waals surface area contributed by atoms with Crippen LogP contribution in [0.15, 0.2) is 41.8 Å². The Labute approximate surface area is 172 Å². The van der Waals surface area contributed by atoms with E-state index in [0.29, 0.717) is 12.1 Å². The van der Waals surface area contributed by atoms with Crippen LogP contribution in [0.1, 0.15) is 47.7 Å². The maximum atomic E-state index is 12.9. The fourth-order valence-electron chi connectivity index (χ4n) is 4.78. The highest BCUT2D eigenvalue weighted by atomic mass is 32.1. The van der Waals surface area contributed by atoms with Crippen molar-refractivity contribution in [3.05, 3.63) is 57.8 Å². The molecule has 0 saturated carbocycles. The number of aryl methyl sites for hydroxylation is 1. The third kappa shape index (κ3) is 4.17. The second-order valence-electron chi connectivity index (χ2n) is 8.45. The Morgan fingerprint density at radius 3 is 2.50 bits per heavy atom. The molecule has 2 aliphatic heterocycles. The van der Waals surface area contributed by atoms with Crippen LogP contribution in [0.2, 0.25) is 0 Å². The molecule has 5 heteroatoms. The molecule has 1 N–H and O–H groups in total. The lowest BCUT2D eigenvalue weighted by atomic mass is 9.85. The molecular weight excluding hydrogens is 366 g/mol. The fraction of sp³-hybridized carbons (Fsp3) is 0.522. The number of carbonyl (C=O) groups is 1. The highest BCUT2D eigenvalue weighted by Gasteiger charge is 2.41. The van der Waals surface area contributed by atoms with Crippen molar-refractivity contribution in [2.45, 2.75) is 44.2 Å². The van der Waals surface area contributed by atoms with E-state index in [9.17, 15) is 4.79 Å². The monoisotopic (exact) mass is 397 g/mol. The summed E-state index contributed by atoms with van der Waals surface area (Å²) in [5, 5.41) is 5.37. The molecule has 0 unspecified atom stereocenters. The van der Waals surface area contributed by atoms with E-state index in [1.54, 1.807) is 11.3 Å². The number of nitrogens with zero attached hydrogens (tertiary/aromatic N) is 2. The van der Waals surface area contributed by atoms with Crippen molar-refractivity contribution in [1.82, 2.24) is 15.1 Å². The molecule has 2 saturated heterocycles. The number of nitrogens with one attached hydrogen (secondary N) is 1. The lowest BCUT2D eigenvalue weighted by Gasteiger charge is -2.43. The van der Waals surface area contributed by atoms with Gasteiger partial charge in [0.15, 0.2) is 0 Å². The first-order valence-electron chi connectivity index (χ1n) is 10.4. The summed E-state index contributed by atoms with van der Waals surface area (Å²) in [5.41, 5.74) is 2.78. The highest BCUT2D eigenvalue weighted by molar-refractivity contribution is 7.10. The van der Waals surface area contributed by atoms with Gasteiger partial charge in [-0.3, -0.25) is 9.69 Å². The number of rotatable bonds is 5. The van der Waals surface area contributed by atoms with E-state index in [1.807, 2.05) is 0 Å². The zero-order chi connectivity index (χ0) is 19.6. The van der Waals surface area contributed by atoms with Crippen LogP contribution in [-0.4, -0.2) is 54.5 Å². The summed E-state index contributed by atoms with van der Waals surface area (Å²) in [6, 6.07) is 12.6. The SMILES string of the molecule is Cc1ccc([C@@H](NC(=O)CN2CCC3(CCCN3C)CC2)c2cccs2)cc1. The Morgan fingerprint density at radius 2 is 1.89 bits per heavy atom. The van der Waals surface area contributed by atoms with Gasteiger partial charge in [-0.2, -0.15) is 0 Å². The molecule has 1 spiro atoms.